The van der Waals surface area contributed by atoms with E-state index >= 15 is 0 Å². The number of halogens is 1. The molecular formula is C15H23FN2. The van der Waals surface area contributed by atoms with Crippen LogP contribution in [0.1, 0.15) is 44.7 Å². The summed E-state index contributed by atoms with van der Waals surface area (Å²) in [7, 11) is 0. The first-order valence-electron chi connectivity index (χ1n) is 6.91. The van der Waals surface area contributed by atoms with E-state index in [1.165, 1.54) is 12.8 Å². The molecule has 1 aliphatic carbocycles. The van der Waals surface area contributed by atoms with Gasteiger partial charge in [-0.25, -0.2) is 4.39 Å². The highest BCUT2D eigenvalue weighted by atomic mass is 19.1. The Hall–Kier alpha value is -1.09. The molecule has 1 atom stereocenters. The van der Waals surface area contributed by atoms with Gasteiger partial charge in [-0.05, 0) is 49.8 Å². The van der Waals surface area contributed by atoms with E-state index in [4.69, 9.17) is 5.73 Å². The van der Waals surface area contributed by atoms with Crippen molar-refractivity contribution >= 4 is 5.69 Å². The SMILES string of the molecule is CCCN(CC1CC1)c1ccc([C@H](C)N)cc1F. The second kappa shape index (κ2) is 5.70. The van der Waals surface area contributed by atoms with Crippen LogP contribution in [0.15, 0.2) is 18.2 Å². The molecule has 2 N–H and O–H groups in total. The topological polar surface area (TPSA) is 29.3 Å². The first-order valence-corrected chi connectivity index (χ1v) is 6.91. The van der Waals surface area contributed by atoms with Crippen LogP contribution in [0, 0.1) is 11.7 Å². The maximum atomic E-state index is 14.2. The molecule has 0 aromatic heterocycles. The number of nitrogens with zero attached hydrogens (tertiary/aromatic N) is 1. The molecule has 18 heavy (non-hydrogen) atoms. The fraction of sp³-hybridized carbons (Fsp3) is 0.600. The van der Waals surface area contributed by atoms with Gasteiger partial charge in [-0.15, -0.1) is 0 Å². The number of anilines is 1. The van der Waals surface area contributed by atoms with Crippen molar-refractivity contribution < 1.29 is 4.39 Å². The first-order chi connectivity index (χ1) is 8.61. The summed E-state index contributed by atoms with van der Waals surface area (Å²) in [6, 6.07) is 5.29. The minimum atomic E-state index is -0.140. The van der Waals surface area contributed by atoms with Gasteiger partial charge in [-0.2, -0.15) is 0 Å². The fourth-order valence-electron chi connectivity index (χ4n) is 2.25. The summed E-state index contributed by atoms with van der Waals surface area (Å²) in [4.78, 5) is 2.18. The van der Waals surface area contributed by atoms with E-state index in [0.717, 1.165) is 36.7 Å². The lowest BCUT2D eigenvalue weighted by Crippen LogP contribution is -2.27. The predicted molar refractivity (Wildman–Crippen MR) is 74.2 cm³/mol. The van der Waals surface area contributed by atoms with Crippen molar-refractivity contribution in [3.63, 3.8) is 0 Å². The van der Waals surface area contributed by atoms with E-state index in [9.17, 15) is 4.39 Å². The van der Waals surface area contributed by atoms with Crippen LogP contribution < -0.4 is 10.6 Å². The summed E-state index contributed by atoms with van der Waals surface area (Å²) < 4.78 is 14.2. The van der Waals surface area contributed by atoms with Crippen molar-refractivity contribution in [3.05, 3.63) is 29.6 Å². The Morgan fingerprint density at radius 1 is 1.44 bits per heavy atom. The van der Waals surface area contributed by atoms with E-state index in [1.807, 2.05) is 19.1 Å². The summed E-state index contributed by atoms with van der Waals surface area (Å²) in [5.41, 5.74) is 7.37. The first kappa shape index (κ1) is 13.3. The van der Waals surface area contributed by atoms with Gasteiger partial charge in [-0.1, -0.05) is 13.0 Å². The van der Waals surface area contributed by atoms with Crippen LogP contribution in [-0.2, 0) is 0 Å². The van der Waals surface area contributed by atoms with Crippen LogP contribution in [0.2, 0.25) is 0 Å². The third-order valence-corrected chi connectivity index (χ3v) is 3.51. The van der Waals surface area contributed by atoms with Gasteiger partial charge in [0, 0.05) is 19.1 Å². The maximum Gasteiger partial charge on any atom is 0.146 e. The Morgan fingerprint density at radius 3 is 2.67 bits per heavy atom. The van der Waals surface area contributed by atoms with Crippen molar-refractivity contribution in [1.82, 2.24) is 0 Å². The Labute approximate surface area is 109 Å². The van der Waals surface area contributed by atoms with E-state index in [0.29, 0.717) is 0 Å². The predicted octanol–water partition coefficient (Wildman–Crippen LogP) is 3.47. The average Bonchev–Trinajstić information content (AvgIpc) is 3.12. The largest absolute Gasteiger partial charge is 0.369 e. The van der Waals surface area contributed by atoms with Crippen LogP contribution in [0.4, 0.5) is 10.1 Å². The lowest BCUT2D eigenvalue weighted by atomic mass is 10.1. The van der Waals surface area contributed by atoms with Crippen molar-refractivity contribution in [2.45, 2.75) is 39.2 Å². The minimum Gasteiger partial charge on any atom is -0.369 e. The zero-order chi connectivity index (χ0) is 13.1. The fourth-order valence-corrected chi connectivity index (χ4v) is 2.25. The number of hydrogen-bond acceptors (Lipinski definition) is 2. The van der Waals surface area contributed by atoms with Crippen LogP contribution in [0.25, 0.3) is 0 Å². The molecule has 0 radical (unpaired) electrons. The van der Waals surface area contributed by atoms with Crippen molar-refractivity contribution in [2.24, 2.45) is 11.7 Å². The molecule has 0 unspecified atom stereocenters. The molecule has 0 spiro atoms. The molecule has 0 saturated heterocycles. The molecule has 1 saturated carbocycles. The lowest BCUT2D eigenvalue weighted by Gasteiger charge is -2.25. The number of hydrogen-bond donors (Lipinski definition) is 1. The number of benzene rings is 1. The van der Waals surface area contributed by atoms with Gasteiger partial charge in [-0.3, -0.25) is 0 Å². The number of rotatable bonds is 6. The highest BCUT2D eigenvalue weighted by Gasteiger charge is 2.25. The Morgan fingerprint density at radius 2 is 2.17 bits per heavy atom. The van der Waals surface area contributed by atoms with Gasteiger partial charge >= 0.3 is 0 Å². The standard InChI is InChI=1S/C15H23FN2/c1-3-8-18(10-12-4-5-12)15-7-6-13(11(2)17)9-14(15)16/h6-7,9,11-12H,3-5,8,10,17H2,1-2H3/t11-/m0/s1. The average molecular weight is 250 g/mol. The Balaban J connectivity index is 2.17. The molecule has 2 rings (SSSR count). The molecule has 1 aromatic carbocycles. The van der Waals surface area contributed by atoms with E-state index < -0.39 is 0 Å². The smallest absolute Gasteiger partial charge is 0.146 e. The van der Waals surface area contributed by atoms with Gasteiger partial charge < -0.3 is 10.6 Å². The third kappa shape index (κ3) is 3.22. The summed E-state index contributed by atoms with van der Waals surface area (Å²) in [6.07, 6.45) is 3.63. The van der Waals surface area contributed by atoms with Crippen LogP contribution in [0.3, 0.4) is 0 Å². The Kier molecular flexibility index (Phi) is 4.23. The highest BCUT2D eigenvalue weighted by Crippen LogP contribution is 2.32. The second-order valence-corrected chi connectivity index (χ2v) is 5.39. The molecule has 100 valence electrons. The quantitative estimate of drug-likeness (QED) is 0.837. The Bertz CT molecular complexity index is 399. The molecule has 1 aromatic rings. The summed E-state index contributed by atoms with van der Waals surface area (Å²) in [5.74, 6) is 0.628. The maximum absolute atomic E-state index is 14.2. The van der Waals surface area contributed by atoms with Crippen LogP contribution in [0.5, 0.6) is 0 Å². The van der Waals surface area contributed by atoms with Gasteiger partial charge in [0.2, 0.25) is 0 Å². The molecule has 0 bridgehead atoms. The molecule has 2 nitrogen and oxygen atoms in total. The van der Waals surface area contributed by atoms with E-state index in [-0.39, 0.29) is 11.9 Å². The summed E-state index contributed by atoms with van der Waals surface area (Å²) >= 11 is 0. The monoisotopic (exact) mass is 250 g/mol. The van der Waals surface area contributed by atoms with Crippen molar-refractivity contribution in [1.29, 1.82) is 0 Å². The molecule has 1 fully saturated rings. The normalized spacial score (nSPS) is 16.7. The van der Waals surface area contributed by atoms with Gasteiger partial charge in [0.25, 0.3) is 0 Å². The second-order valence-electron chi connectivity index (χ2n) is 5.39. The zero-order valence-corrected chi connectivity index (χ0v) is 11.3. The molecule has 0 aliphatic heterocycles. The van der Waals surface area contributed by atoms with Crippen molar-refractivity contribution in [3.8, 4) is 0 Å². The summed E-state index contributed by atoms with van der Waals surface area (Å²) in [5, 5.41) is 0. The minimum absolute atomic E-state index is 0.114. The zero-order valence-electron chi connectivity index (χ0n) is 11.3. The number of nitrogens with two attached hydrogens (primary N) is 1. The molecule has 1 aliphatic rings. The van der Waals surface area contributed by atoms with E-state index in [1.54, 1.807) is 6.07 Å². The van der Waals surface area contributed by atoms with E-state index in [2.05, 4.69) is 11.8 Å². The molecule has 0 amide bonds. The van der Waals surface area contributed by atoms with Gasteiger partial charge in [0.05, 0.1) is 5.69 Å². The van der Waals surface area contributed by atoms with Crippen molar-refractivity contribution in [2.75, 3.05) is 18.0 Å². The van der Waals surface area contributed by atoms with Crippen LogP contribution in [-0.4, -0.2) is 13.1 Å². The van der Waals surface area contributed by atoms with Crippen LogP contribution >= 0.6 is 0 Å². The van der Waals surface area contributed by atoms with Gasteiger partial charge in [0.1, 0.15) is 5.82 Å². The molecule has 3 heteroatoms. The molecule has 0 heterocycles. The summed E-state index contributed by atoms with van der Waals surface area (Å²) in [6.45, 7) is 5.92. The molecular weight excluding hydrogens is 227 g/mol. The van der Waals surface area contributed by atoms with Gasteiger partial charge in [0.15, 0.2) is 0 Å². The lowest BCUT2D eigenvalue weighted by molar-refractivity contribution is 0.604. The highest BCUT2D eigenvalue weighted by molar-refractivity contribution is 5.49. The third-order valence-electron chi connectivity index (χ3n) is 3.51.